The first-order chi connectivity index (χ1) is 15.1. The summed E-state index contributed by atoms with van der Waals surface area (Å²) in [6.45, 7) is 11.2. The second kappa shape index (κ2) is 8.47. The van der Waals surface area contributed by atoms with Crippen LogP contribution in [0.1, 0.15) is 69.5 Å². The first-order valence-electron chi connectivity index (χ1n) is 10.9. The fourth-order valence-electron chi connectivity index (χ4n) is 4.11. The van der Waals surface area contributed by atoms with Crippen LogP contribution in [0.15, 0.2) is 30.3 Å². The molecule has 2 heterocycles. The van der Waals surface area contributed by atoms with E-state index in [1.807, 2.05) is 58.0 Å². The molecule has 2 aromatic heterocycles. The number of aromatic nitrogens is 3. The molecule has 1 aromatic carbocycles. The van der Waals surface area contributed by atoms with Gasteiger partial charge in [0.15, 0.2) is 5.65 Å². The molecule has 0 spiro atoms. The number of carboxylic acid groups (broad SMARTS) is 1. The maximum atomic E-state index is 12.8. The fraction of sp³-hybridized carbons (Fsp3) is 0.480. The maximum absolute atomic E-state index is 12.8. The van der Waals surface area contributed by atoms with Crippen molar-refractivity contribution in [2.24, 2.45) is 0 Å². The number of hydrogen-bond acceptors (Lipinski definition) is 3. The quantitative estimate of drug-likeness (QED) is 0.462. The minimum Gasteiger partial charge on any atom is -0.481 e. The van der Waals surface area contributed by atoms with Gasteiger partial charge in [0.25, 0.3) is 0 Å². The lowest BCUT2D eigenvalue weighted by molar-refractivity contribution is -0.146. The number of aryl methyl sites for hydroxylation is 2. The minimum atomic E-state index is -4.35. The van der Waals surface area contributed by atoms with E-state index in [0.29, 0.717) is 22.6 Å². The molecule has 0 aliphatic rings. The van der Waals surface area contributed by atoms with Crippen LogP contribution in [0.5, 0.6) is 0 Å². The molecule has 0 saturated carbocycles. The number of carboxylic acids is 1. The van der Waals surface area contributed by atoms with Crippen LogP contribution >= 0.6 is 0 Å². The Morgan fingerprint density at radius 1 is 1.03 bits per heavy atom. The molecule has 3 rings (SSSR count). The van der Waals surface area contributed by atoms with Gasteiger partial charge in [0.2, 0.25) is 0 Å². The van der Waals surface area contributed by atoms with Crippen LogP contribution in [0.4, 0.5) is 13.2 Å². The molecule has 3 aromatic rings. The monoisotopic (exact) mass is 461 g/mol. The third-order valence-electron chi connectivity index (χ3n) is 6.04. The summed E-state index contributed by atoms with van der Waals surface area (Å²) >= 11 is 0. The summed E-state index contributed by atoms with van der Waals surface area (Å²) < 4.78 is 40.2. The van der Waals surface area contributed by atoms with Gasteiger partial charge < -0.3 is 5.11 Å². The zero-order chi connectivity index (χ0) is 24.8. The summed E-state index contributed by atoms with van der Waals surface area (Å²) in [7, 11) is 0. The van der Waals surface area contributed by atoms with Crippen LogP contribution < -0.4 is 0 Å². The van der Waals surface area contributed by atoms with Gasteiger partial charge in [0.1, 0.15) is 0 Å². The maximum Gasteiger partial charge on any atom is 0.389 e. The second-order valence-electron chi connectivity index (χ2n) is 9.94. The van der Waals surface area contributed by atoms with E-state index >= 15 is 0 Å². The predicted molar refractivity (Wildman–Crippen MR) is 121 cm³/mol. The molecule has 0 saturated heterocycles. The van der Waals surface area contributed by atoms with Gasteiger partial charge >= 0.3 is 12.1 Å². The van der Waals surface area contributed by atoms with Crippen molar-refractivity contribution in [2.75, 3.05) is 0 Å². The van der Waals surface area contributed by atoms with Crippen LogP contribution in [-0.4, -0.2) is 31.9 Å². The molecule has 0 aliphatic heterocycles. The van der Waals surface area contributed by atoms with E-state index in [4.69, 9.17) is 5.10 Å². The van der Waals surface area contributed by atoms with Crippen molar-refractivity contribution >= 4 is 11.6 Å². The first kappa shape index (κ1) is 24.7. The Morgan fingerprint density at radius 2 is 1.64 bits per heavy atom. The van der Waals surface area contributed by atoms with Gasteiger partial charge in [0, 0.05) is 34.7 Å². The Kier molecular flexibility index (Phi) is 6.35. The molecule has 1 unspecified atom stereocenters. The number of fused-ring (bicyclic) bond motifs is 1. The first-order valence-corrected chi connectivity index (χ1v) is 10.9. The molecule has 0 fully saturated rings. The van der Waals surface area contributed by atoms with Crippen molar-refractivity contribution < 1.29 is 23.1 Å². The van der Waals surface area contributed by atoms with Crippen molar-refractivity contribution in [1.82, 2.24) is 14.6 Å². The molecular formula is C25H30F3N3O2. The van der Waals surface area contributed by atoms with Gasteiger partial charge in [-0.15, -0.1) is 0 Å². The molecular weight excluding hydrogens is 431 g/mol. The molecule has 33 heavy (non-hydrogen) atoms. The normalized spacial score (nSPS) is 14.5. The molecule has 0 aliphatic carbocycles. The molecule has 0 radical (unpaired) electrons. The van der Waals surface area contributed by atoms with E-state index in [9.17, 15) is 23.1 Å². The third-order valence-corrected chi connectivity index (χ3v) is 6.04. The molecule has 0 amide bonds. The Hall–Kier alpha value is -2.90. The van der Waals surface area contributed by atoms with E-state index in [1.54, 1.807) is 11.4 Å². The summed E-state index contributed by atoms with van der Waals surface area (Å²) in [6, 6.07) is 9.45. The summed E-state index contributed by atoms with van der Waals surface area (Å²) in [6.07, 6.45) is -5.87. The molecule has 178 valence electrons. The highest BCUT2D eigenvalue weighted by Gasteiger charge is 2.41. The van der Waals surface area contributed by atoms with Crippen LogP contribution in [0.25, 0.3) is 16.9 Å². The average molecular weight is 462 g/mol. The summed E-state index contributed by atoms with van der Waals surface area (Å²) in [4.78, 5) is 17.2. The number of nitrogens with zero attached hydrogens (tertiary/aromatic N) is 3. The van der Waals surface area contributed by atoms with Gasteiger partial charge in [-0.25, -0.2) is 9.50 Å². The second-order valence-corrected chi connectivity index (χ2v) is 9.94. The number of aliphatic carboxylic acids is 1. The number of alkyl halides is 3. The number of carbonyl (C=O) groups is 1. The largest absolute Gasteiger partial charge is 0.481 e. The van der Waals surface area contributed by atoms with Crippen molar-refractivity contribution in [3.8, 4) is 11.3 Å². The van der Waals surface area contributed by atoms with E-state index < -0.39 is 24.0 Å². The van der Waals surface area contributed by atoms with Crippen LogP contribution in [0.3, 0.4) is 0 Å². The van der Waals surface area contributed by atoms with Gasteiger partial charge in [-0.3, -0.25) is 4.79 Å². The molecule has 1 atom stereocenters. The average Bonchev–Trinajstić information content (AvgIpc) is 3.10. The van der Waals surface area contributed by atoms with E-state index in [1.165, 1.54) is 6.92 Å². The van der Waals surface area contributed by atoms with Gasteiger partial charge in [0.05, 0.1) is 16.8 Å². The third kappa shape index (κ3) is 5.04. The van der Waals surface area contributed by atoms with Crippen LogP contribution in [0.2, 0.25) is 0 Å². The lowest BCUT2D eigenvalue weighted by Crippen LogP contribution is -2.35. The number of rotatable bonds is 6. The lowest BCUT2D eigenvalue weighted by Gasteiger charge is -2.29. The highest BCUT2D eigenvalue weighted by molar-refractivity contribution is 5.85. The van der Waals surface area contributed by atoms with Crippen LogP contribution in [-0.2, 0) is 15.6 Å². The Labute approximate surface area is 191 Å². The van der Waals surface area contributed by atoms with Crippen LogP contribution in [0, 0.1) is 13.8 Å². The Balaban J connectivity index is 2.32. The summed E-state index contributed by atoms with van der Waals surface area (Å²) in [5.74, 6) is -1.19. The zero-order valence-corrected chi connectivity index (χ0v) is 19.8. The van der Waals surface area contributed by atoms with E-state index in [2.05, 4.69) is 4.98 Å². The fourth-order valence-corrected chi connectivity index (χ4v) is 4.11. The molecule has 5 nitrogen and oxygen atoms in total. The molecule has 0 bridgehead atoms. The number of hydrogen-bond donors (Lipinski definition) is 1. The van der Waals surface area contributed by atoms with Gasteiger partial charge in [-0.05, 0) is 33.6 Å². The summed E-state index contributed by atoms with van der Waals surface area (Å²) in [5.41, 5.74) is 2.67. The molecule has 8 heteroatoms. The zero-order valence-electron chi connectivity index (χ0n) is 19.8. The lowest BCUT2D eigenvalue weighted by atomic mass is 9.75. The van der Waals surface area contributed by atoms with Crippen molar-refractivity contribution in [3.63, 3.8) is 0 Å². The number of benzene rings is 1. The topological polar surface area (TPSA) is 67.5 Å². The van der Waals surface area contributed by atoms with Crippen molar-refractivity contribution in [2.45, 2.75) is 77.8 Å². The minimum absolute atomic E-state index is 0.178. The highest BCUT2D eigenvalue weighted by Crippen LogP contribution is 2.40. The van der Waals surface area contributed by atoms with Gasteiger partial charge in [-0.2, -0.15) is 18.3 Å². The highest BCUT2D eigenvalue weighted by atomic mass is 19.4. The smallest absolute Gasteiger partial charge is 0.389 e. The van der Waals surface area contributed by atoms with Gasteiger partial charge in [-0.1, -0.05) is 50.6 Å². The van der Waals surface area contributed by atoms with E-state index in [-0.39, 0.29) is 18.3 Å². The Morgan fingerprint density at radius 3 is 2.15 bits per heavy atom. The molecule has 1 N–H and O–H groups in total. The summed E-state index contributed by atoms with van der Waals surface area (Å²) in [5, 5.41) is 15.0. The van der Waals surface area contributed by atoms with Crippen molar-refractivity contribution in [3.05, 3.63) is 52.8 Å². The standard InChI is InChI=1S/C25H30F3N3O2/c1-15-8-10-17(11-9-15)21-20(24(6,22(32)33)12-7-13-25(26,27)28)16(2)29-19-14-18(23(3,4)5)30-31(19)21/h8-11,14H,7,12-13H2,1-6H3,(H,32,33). The van der Waals surface area contributed by atoms with E-state index in [0.717, 1.165) is 16.8 Å². The SMILES string of the molecule is Cc1ccc(-c2c(C(C)(CCCC(F)(F)F)C(=O)O)c(C)nc3cc(C(C)(C)C)nn23)cc1. The van der Waals surface area contributed by atoms with Crippen molar-refractivity contribution in [1.29, 1.82) is 0 Å². The predicted octanol–water partition coefficient (Wildman–Crippen LogP) is 6.39. The number of halogens is 3. The Bertz CT molecular complexity index is 1170.